The Balaban J connectivity index is 1.84. The van der Waals surface area contributed by atoms with Crippen LogP contribution in [0.5, 0.6) is 0 Å². The van der Waals surface area contributed by atoms with Crippen molar-refractivity contribution in [1.82, 2.24) is 4.90 Å². The molecule has 1 fully saturated rings. The number of likely N-dealkylation sites (tertiary alicyclic amines) is 1. The zero-order chi connectivity index (χ0) is 18.7. The molecule has 0 radical (unpaired) electrons. The lowest BCUT2D eigenvalue weighted by molar-refractivity contribution is -0.0719. The van der Waals surface area contributed by atoms with Crippen LogP contribution in [0.3, 0.4) is 0 Å². The van der Waals surface area contributed by atoms with Gasteiger partial charge in [-0.25, -0.2) is 0 Å². The van der Waals surface area contributed by atoms with Crippen LogP contribution in [0.1, 0.15) is 41.4 Å². The van der Waals surface area contributed by atoms with Gasteiger partial charge in [0.05, 0.1) is 17.6 Å². The van der Waals surface area contributed by atoms with Crippen molar-refractivity contribution >= 4 is 17.2 Å². The van der Waals surface area contributed by atoms with Gasteiger partial charge in [0.1, 0.15) is 0 Å². The van der Waals surface area contributed by atoms with Gasteiger partial charge in [0.2, 0.25) is 0 Å². The lowest BCUT2D eigenvalue weighted by atomic mass is 9.74. The molecule has 2 heterocycles. The Hall–Kier alpha value is -1.69. The third-order valence-corrected chi connectivity index (χ3v) is 6.67. The van der Waals surface area contributed by atoms with E-state index < -0.39 is 11.5 Å². The summed E-state index contributed by atoms with van der Waals surface area (Å²) in [6, 6.07) is 12.1. The SMILES string of the molecule is CCC[C@]1(CO)CN(C(=O)c2cc(C)c(-c3ccccc3)s2)CC[C@H]1O. The van der Waals surface area contributed by atoms with Crippen LogP contribution in [0.25, 0.3) is 10.4 Å². The highest BCUT2D eigenvalue weighted by atomic mass is 32.1. The van der Waals surface area contributed by atoms with E-state index in [9.17, 15) is 15.0 Å². The number of hydrogen-bond acceptors (Lipinski definition) is 4. The number of aliphatic hydroxyl groups excluding tert-OH is 2. The first-order chi connectivity index (χ1) is 12.5. The fourth-order valence-corrected chi connectivity index (χ4v) is 5.07. The van der Waals surface area contributed by atoms with Crippen molar-refractivity contribution in [2.75, 3.05) is 19.7 Å². The summed E-state index contributed by atoms with van der Waals surface area (Å²) in [5.74, 6) is 0.00103. The summed E-state index contributed by atoms with van der Waals surface area (Å²) in [5, 5.41) is 20.3. The number of hydrogen-bond donors (Lipinski definition) is 2. The number of aliphatic hydroxyl groups is 2. The van der Waals surface area contributed by atoms with Gasteiger partial charge in [-0.3, -0.25) is 4.79 Å². The fraction of sp³-hybridized carbons (Fsp3) is 0.476. The predicted octanol–water partition coefficient (Wildman–Crippen LogP) is 3.71. The smallest absolute Gasteiger partial charge is 0.263 e. The summed E-state index contributed by atoms with van der Waals surface area (Å²) < 4.78 is 0. The number of aryl methyl sites for hydroxylation is 1. The number of rotatable bonds is 5. The summed E-state index contributed by atoms with van der Waals surface area (Å²) in [5.41, 5.74) is 1.62. The molecular weight excluding hydrogens is 346 g/mol. The van der Waals surface area contributed by atoms with Crippen molar-refractivity contribution in [2.24, 2.45) is 5.41 Å². The maximum absolute atomic E-state index is 13.1. The van der Waals surface area contributed by atoms with Crippen molar-refractivity contribution in [2.45, 2.75) is 39.2 Å². The standard InChI is InChI=1S/C21H27NO3S/c1-3-10-21(14-23)13-22(11-9-18(21)24)20(25)17-12-15(2)19(26-17)16-7-5-4-6-8-16/h4-8,12,18,23-24H,3,9-11,13-14H2,1-2H3/t18-,21-/m1/s1. The highest BCUT2D eigenvalue weighted by Gasteiger charge is 2.43. The molecule has 2 atom stereocenters. The molecule has 0 spiro atoms. The van der Waals surface area contributed by atoms with E-state index in [0.29, 0.717) is 25.9 Å². The van der Waals surface area contributed by atoms with Gasteiger partial charge in [0.15, 0.2) is 0 Å². The average Bonchev–Trinajstić information content (AvgIpc) is 3.05. The Labute approximate surface area is 159 Å². The molecule has 4 nitrogen and oxygen atoms in total. The molecule has 0 saturated carbocycles. The molecule has 5 heteroatoms. The Morgan fingerprint density at radius 1 is 1.35 bits per heavy atom. The van der Waals surface area contributed by atoms with Gasteiger partial charge in [0.25, 0.3) is 5.91 Å². The molecule has 0 aliphatic carbocycles. The average molecular weight is 374 g/mol. The van der Waals surface area contributed by atoms with Crippen LogP contribution in [0.4, 0.5) is 0 Å². The van der Waals surface area contributed by atoms with Crippen LogP contribution in [0, 0.1) is 12.3 Å². The van der Waals surface area contributed by atoms with Crippen LogP contribution < -0.4 is 0 Å². The number of amides is 1. The van der Waals surface area contributed by atoms with E-state index in [1.54, 1.807) is 4.90 Å². The predicted molar refractivity (Wildman–Crippen MR) is 105 cm³/mol. The lowest BCUT2D eigenvalue weighted by Crippen LogP contribution is -2.55. The Bertz CT molecular complexity index is 758. The lowest BCUT2D eigenvalue weighted by Gasteiger charge is -2.45. The quantitative estimate of drug-likeness (QED) is 0.840. The number of piperidine rings is 1. The van der Waals surface area contributed by atoms with E-state index in [4.69, 9.17) is 0 Å². The Morgan fingerprint density at radius 3 is 2.73 bits per heavy atom. The number of carbonyl (C=O) groups excluding carboxylic acids is 1. The maximum atomic E-state index is 13.1. The van der Waals surface area contributed by atoms with Crippen molar-refractivity contribution in [3.05, 3.63) is 46.8 Å². The minimum atomic E-state index is -0.600. The molecular formula is C21H27NO3S. The van der Waals surface area contributed by atoms with E-state index >= 15 is 0 Å². The first kappa shape index (κ1) is 19.1. The van der Waals surface area contributed by atoms with Crippen molar-refractivity contribution in [3.8, 4) is 10.4 Å². The maximum Gasteiger partial charge on any atom is 0.263 e. The van der Waals surface area contributed by atoms with Crippen LogP contribution in [-0.4, -0.2) is 46.8 Å². The minimum absolute atomic E-state index is 0.00103. The van der Waals surface area contributed by atoms with Crippen LogP contribution >= 0.6 is 11.3 Å². The summed E-state index contributed by atoms with van der Waals surface area (Å²) in [7, 11) is 0. The molecule has 1 saturated heterocycles. The second kappa shape index (κ2) is 7.91. The summed E-state index contributed by atoms with van der Waals surface area (Å²) in [6.45, 7) is 4.92. The zero-order valence-electron chi connectivity index (χ0n) is 15.4. The molecule has 0 unspecified atom stereocenters. The number of benzene rings is 1. The zero-order valence-corrected chi connectivity index (χ0v) is 16.3. The molecule has 3 rings (SSSR count). The van der Waals surface area contributed by atoms with E-state index in [-0.39, 0.29) is 12.5 Å². The third kappa shape index (κ3) is 3.56. The van der Waals surface area contributed by atoms with Gasteiger partial charge >= 0.3 is 0 Å². The Kier molecular flexibility index (Phi) is 5.80. The van der Waals surface area contributed by atoms with Crippen LogP contribution in [0.15, 0.2) is 36.4 Å². The number of thiophene rings is 1. The van der Waals surface area contributed by atoms with Gasteiger partial charge in [0, 0.05) is 23.4 Å². The third-order valence-electron chi connectivity index (χ3n) is 5.40. The van der Waals surface area contributed by atoms with Crippen LogP contribution in [-0.2, 0) is 0 Å². The second-order valence-electron chi connectivity index (χ2n) is 7.29. The van der Waals surface area contributed by atoms with E-state index in [1.165, 1.54) is 11.3 Å². The summed E-state index contributed by atoms with van der Waals surface area (Å²) in [4.78, 5) is 16.7. The van der Waals surface area contributed by atoms with E-state index in [1.807, 2.05) is 38.1 Å². The molecule has 1 aromatic carbocycles. The van der Waals surface area contributed by atoms with Crippen molar-refractivity contribution in [3.63, 3.8) is 0 Å². The summed E-state index contributed by atoms with van der Waals surface area (Å²) in [6.07, 6.45) is 1.55. The largest absolute Gasteiger partial charge is 0.396 e. The molecule has 1 aromatic heterocycles. The fourth-order valence-electron chi connectivity index (χ4n) is 3.92. The Morgan fingerprint density at radius 2 is 2.08 bits per heavy atom. The second-order valence-corrected chi connectivity index (χ2v) is 8.34. The van der Waals surface area contributed by atoms with Gasteiger partial charge in [-0.2, -0.15) is 0 Å². The van der Waals surface area contributed by atoms with Gasteiger partial charge in [-0.15, -0.1) is 11.3 Å². The molecule has 140 valence electrons. The first-order valence-electron chi connectivity index (χ1n) is 9.25. The van der Waals surface area contributed by atoms with Gasteiger partial charge < -0.3 is 15.1 Å². The van der Waals surface area contributed by atoms with E-state index in [0.717, 1.165) is 27.3 Å². The molecule has 26 heavy (non-hydrogen) atoms. The van der Waals surface area contributed by atoms with Crippen LogP contribution in [0.2, 0.25) is 0 Å². The molecule has 1 aliphatic heterocycles. The normalized spacial score (nSPS) is 23.2. The minimum Gasteiger partial charge on any atom is -0.396 e. The first-order valence-corrected chi connectivity index (χ1v) is 10.1. The molecule has 1 amide bonds. The van der Waals surface area contributed by atoms with Gasteiger partial charge in [-0.1, -0.05) is 43.7 Å². The van der Waals surface area contributed by atoms with Gasteiger partial charge in [-0.05, 0) is 37.0 Å². The number of nitrogens with zero attached hydrogens (tertiary/aromatic N) is 1. The summed E-state index contributed by atoms with van der Waals surface area (Å²) >= 11 is 1.52. The topological polar surface area (TPSA) is 60.8 Å². The molecule has 2 aromatic rings. The highest BCUT2D eigenvalue weighted by Crippen LogP contribution is 2.37. The van der Waals surface area contributed by atoms with Crippen molar-refractivity contribution < 1.29 is 15.0 Å². The highest BCUT2D eigenvalue weighted by molar-refractivity contribution is 7.17. The molecule has 0 bridgehead atoms. The molecule has 1 aliphatic rings. The van der Waals surface area contributed by atoms with Crippen molar-refractivity contribution in [1.29, 1.82) is 0 Å². The number of carbonyl (C=O) groups is 1. The molecule has 2 N–H and O–H groups in total. The van der Waals surface area contributed by atoms with E-state index in [2.05, 4.69) is 12.1 Å². The monoisotopic (exact) mass is 373 g/mol.